The lowest BCUT2D eigenvalue weighted by Gasteiger charge is -2.04. The summed E-state index contributed by atoms with van der Waals surface area (Å²) >= 11 is 0. The van der Waals surface area contributed by atoms with Crippen molar-refractivity contribution in [1.29, 1.82) is 0 Å². The van der Waals surface area contributed by atoms with Gasteiger partial charge in [-0.25, -0.2) is 4.98 Å². The average Bonchev–Trinajstić information content (AvgIpc) is 3.05. The Hall–Kier alpha value is -2.88. The zero-order chi connectivity index (χ0) is 14.7. The number of methoxy groups -OCH3 is 1. The molecule has 0 aliphatic rings. The number of benzene rings is 2. The summed E-state index contributed by atoms with van der Waals surface area (Å²) in [5.41, 5.74) is 3.20. The van der Waals surface area contributed by atoms with E-state index >= 15 is 0 Å². The first-order valence-electron chi connectivity index (χ1n) is 6.56. The van der Waals surface area contributed by atoms with Crippen molar-refractivity contribution in [3.05, 3.63) is 60.3 Å². The Morgan fingerprint density at radius 3 is 2.62 bits per heavy atom. The van der Waals surface area contributed by atoms with Crippen LogP contribution in [0.2, 0.25) is 0 Å². The van der Waals surface area contributed by atoms with E-state index in [2.05, 4.69) is 9.97 Å². The Labute approximate surface area is 122 Å². The molecule has 21 heavy (non-hydrogen) atoms. The molecule has 1 heterocycles. The van der Waals surface area contributed by atoms with Crippen LogP contribution >= 0.6 is 0 Å². The number of aromatic nitrogens is 2. The molecular formula is C17H14N2O2. The molecule has 4 heteroatoms. The summed E-state index contributed by atoms with van der Waals surface area (Å²) in [5.74, 6) is 1.36. The third-order valence-electron chi connectivity index (χ3n) is 3.28. The number of nitrogens with zero attached hydrogens (tertiary/aromatic N) is 1. The lowest BCUT2D eigenvalue weighted by atomic mass is 10.1. The van der Waals surface area contributed by atoms with Crippen molar-refractivity contribution in [2.24, 2.45) is 0 Å². The highest BCUT2D eigenvalue weighted by Gasteiger charge is 2.09. The zero-order valence-electron chi connectivity index (χ0n) is 11.5. The monoisotopic (exact) mass is 278 g/mol. The van der Waals surface area contributed by atoms with Crippen LogP contribution in [0.15, 0.2) is 54.7 Å². The Kier molecular flexibility index (Phi) is 3.51. The highest BCUT2D eigenvalue weighted by Crippen LogP contribution is 2.26. The lowest BCUT2D eigenvalue weighted by Crippen LogP contribution is -1.91. The summed E-state index contributed by atoms with van der Waals surface area (Å²) in [6.45, 7) is 0. The fourth-order valence-corrected chi connectivity index (χ4v) is 2.20. The fourth-order valence-electron chi connectivity index (χ4n) is 2.20. The minimum Gasteiger partial charge on any atom is -0.496 e. The predicted molar refractivity (Wildman–Crippen MR) is 81.4 cm³/mol. The van der Waals surface area contributed by atoms with Crippen LogP contribution in [0.3, 0.4) is 0 Å². The van der Waals surface area contributed by atoms with E-state index in [-0.39, 0.29) is 0 Å². The molecule has 0 unspecified atom stereocenters. The molecule has 0 aliphatic carbocycles. The topological polar surface area (TPSA) is 55.0 Å². The van der Waals surface area contributed by atoms with Gasteiger partial charge in [-0.15, -0.1) is 0 Å². The largest absolute Gasteiger partial charge is 0.496 e. The van der Waals surface area contributed by atoms with Gasteiger partial charge in [0.25, 0.3) is 0 Å². The van der Waals surface area contributed by atoms with Gasteiger partial charge in [0.2, 0.25) is 0 Å². The van der Waals surface area contributed by atoms with E-state index < -0.39 is 0 Å². The minimum atomic E-state index is 0.513. The summed E-state index contributed by atoms with van der Waals surface area (Å²) in [4.78, 5) is 18.8. The number of hydrogen-bond acceptors (Lipinski definition) is 3. The number of H-pyrrole nitrogens is 1. The first kappa shape index (κ1) is 13.1. The Bertz CT molecular complexity index is 763. The van der Waals surface area contributed by atoms with Crippen molar-refractivity contribution < 1.29 is 9.53 Å². The summed E-state index contributed by atoms with van der Waals surface area (Å²) in [6, 6.07) is 15.3. The van der Waals surface area contributed by atoms with Gasteiger partial charge in [-0.2, -0.15) is 0 Å². The fraction of sp³-hybridized carbons (Fsp3) is 0.0588. The molecule has 0 aliphatic heterocycles. The SMILES string of the molecule is COc1ccc(-c2c[nH]c(-c3ccccc3)n2)cc1C=O. The van der Waals surface area contributed by atoms with E-state index in [0.29, 0.717) is 11.3 Å². The molecule has 0 radical (unpaired) electrons. The molecule has 3 rings (SSSR count). The van der Waals surface area contributed by atoms with Crippen molar-refractivity contribution in [3.8, 4) is 28.4 Å². The molecule has 4 nitrogen and oxygen atoms in total. The van der Waals surface area contributed by atoms with Gasteiger partial charge >= 0.3 is 0 Å². The van der Waals surface area contributed by atoms with Crippen LogP contribution in [0.25, 0.3) is 22.6 Å². The first-order valence-corrected chi connectivity index (χ1v) is 6.56. The Morgan fingerprint density at radius 1 is 1.10 bits per heavy atom. The number of carbonyl (C=O) groups is 1. The predicted octanol–water partition coefficient (Wildman–Crippen LogP) is 3.56. The van der Waals surface area contributed by atoms with E-state index in [9.17, 15) is 4.79 Å². The maximum Gasteiger partial charge on any atom is 0.153 e. The van der Waals surface area contributed by atoms with E-state index in [4.69, 9.17) is 4.74 Å². The number of hydrogen-bond donors (Lipinski definition) is 1. The van der Waals surface area contributed by atoms with Crippen LogP contribution in [0, 0.1) is 0 Å². The number of ether oxygens (including phenoxy) is 1. The van der Waals surface area contributed by atoms with Crippen molar-refractivity contribution in [1.82, 2.24) is 9.97 Å². The summed E-state index contributed by atoms with van der Waals surface area (Å²) in [7, 11) is 1.55. The minimum absolute atomic E-state index is 0.513. The van der Waals surface area contributed by atoms with Crippen molar-refractivity contribution in [2.45, 2.75) is 0 Å². The van der Waals surface area contributed by atoms with Crippen molar-refractivity contribution >= 4 is 6.29 Å². The molecule has 0 spiro atoms. The van der Waals surface area contributed by atoms with Crippen LogP contribution in [0.1, 0.15) is 10.4 Å². The first-order chi connectivity index (χ1) is 10.3. The molecule has 0 saturated carbocycles. The number of aldehydes is 1. The summed E-state index contributed by atoms with van der Waals surface area (Å²) < 4.78 is 5.14. The summed E-state index contributed by atoms with van der Waals surface area (Å²) in [5, 5.41) is 0. The van der Waals surface area contributed by atoms with E-state index in [1.807, 2.05) is 42.6 Å². The highest BCUT2D eigenvalue weighted by molar-refractivity contribution is 5.82. The van der Waals surface area contributed by atoms with Gasteiger partial charge in [0.05, 0.1) is 18.4 Å². The maximum atomic E-state index is 11.1. The molecule has 1 N–H and O–H groups in total. The average molecular weight is 278 g/mol. The smallest absolute Gasteiger partial charge is 0.153 e. The third-order valence-corrected chi connectivity index (χ3v) is 3.28. The Morgan fingerprint density at radius 2 is 1.90 bits per heavy atom. The normalized spacial score (nSPS) is 10.3. The highest BCUT2D eigenvalue weighted by atomic mass is 16.5. The second kappa shape index (κ2) is 5.63. The van der Waals surface area contributed by atoms with Crippen LogP contribution < -0.4 is 4.74 Å². The maximum absolute atomic E-state index is 11.1. The van der Waals surface area contributed by atoms with Crippen molar-refractivity contribution in [2.75, 3.05) is 7.11 Å². The second-order valence-electron chi connectivity index (χ2n) is 4.57. The zero-order valence-corrected chi connectivity index (χ0v) is 11.5. The molecule has 0 fully saturated rings. The van der Waals surface area contributed by atoms with Gasteiger partial charge < -0.3 is 9.72 Å². The van der Waals surface area contributed by atoms with Gasteiger partial charge in [0.1, 0.15) is 11.6 Å². The molecule has 3 aromatic rings. The number of nitrogens with one attached hydrogen (secondary N) is 1. The van der Waals surface area contributed by atoms with E-state index in [1.165, 1.54) is 0 Å². The lowest BCUT2D eigenvalue weighted by molar-refractivity contribution is 0.112. The quantitative estimate of drug-likeness (QED) is 0.742. The molecule has 0 atom stereocenters. The van der Waals surface area contributed by atoms with Crippen LogP contribution in [-0.2, 0) is 0 Å². The Balaban J connectivity index is 1.98. The number of carbonyl (C=O) groups excluding carboxylic acids is 1. The second-order valence-corrected chi connectivity index (χ2v) is 4.57. The molecule has 0 saturated heterocycles. The van der Waals surface area contributed by atoms with Crippen LogP contribution in [0.5, 0.6) is 5.75 Å². The molecule has 0 bridgehead atoms. The molecule has 104 valence electrons. The molecule has 1 aromatic heterocycles. The van der Waals surface area contributed by atoms with Gasteiger partial charge in [0.15, 0.2) is 6.29 Å². The van der Waals surface area contributed by atoms with Crippen LogP contribution in [-0.4, -0.2) is 23.4 Å². The molecule has 0 amide bonds. The number of imidazole rings is 1. The van der Waals surface area contributed by atoms with Gasteiger partial charge in [0, 0.05) is 17.3 Å². The van der Waals surface area contributed by atoms with Gasteiger partial charge in [-0.05, 0) is 18.2 Å². The standard InChI is InChI=1S/C17H14N2O2/c1-21-16-8-7-13(9-14(16)11-20)15-10-18-17(19-15)12-5-3-2-4-6-12/h2-11H,1H3,(H,18,19). The molecular weight excluding hydrogens is 264 g/mol. The van der Waals surface area contributed by atoms with Gasteiger partial charge in [-0.1, -0.05) is 30.3 Å². The van der Waals surface area contributed by atoms with E-state index in [1.54, 1.807) is 19.2 Å². The molecule has 2 aromatic carbocycles. The van der Waals surface area contributed by atoms with E-state index in [0.717, 1.165) is 28.9 Å². The van der Waals surface area contributed by atoms with Gasteiger partial charge in [-0.3, -0.25) is 4.79 Å². The number of rotatable bonds is 4. The van der Waals surface area contributed by atoms with Crippen LogP contribution in [0.4, 0.5) is 0 Å². The van der Waals surface area contributed by atoms with Crippen molar-refractivity contribution in [3.63, 3.8) is 0 Å². The number of aromatic amines is 1. The third kappa shape index (κ3) is 2.56. The summed E-state index contributed by atoms with van der Waals surface area (Å²) in [6.07, 6.45) is 2.62.